The van der Waals surface area contributed by atoms with E-state index >= 15 is 0 Å². The van der Waals surface area contributed by atoms with E-state index < -0.39 is 31.0 Å². The Morgan fingerprint density at radius 1 is 1.12 bits per heavy atom. The summed E-state index contributed by atoms with van der Waals surface area (Å²) in [7, 11) is 1.42. The maximum absolute atomic E-state index is 10.8. The first-order chi connectivity index (χ1) is 7.31. The number of carbonyl (C=O) groups excluding carboxylic acids is 1. The topological polar surface area (TPSA) is 121 Å². The number of likely N-dealkylation sites (N-methyl/N-ethyl adjacent to an activating group) is 1. The fourth-order valence-corrected chi connectivity index (χ4v) is 1.08. The van der Waals surface area contributed by atoms with Crippen molar-refractivity contribution >= 4 is 5.91 Å². The zero-order valence-corrected chi connectivity index (χ0v) is 9.32. The summed E-state index contributed by atoms with van der Waals surface area (Å²) < 4.78 is 0. The third kappa shape index (κ3) is 4.42. The molecular weight excluding hydrogens is 218 g/mol. The summed E-state index contributed by atoms with van der Waals surface area (Å²) in [6.45, 7) is 0.386. The molecule has 0 aromatic heterocycles. The summed E-state index contributed by atoms with van der Waals surface area (Å²) in [4.78, 5) is 12.0. The van der Waals surface area contributed by atoms with Crippen LogP contribution in [0.4, 0.5) is 0 Å². The highest BCUT2D eigenvalue weighted by Crippen LogP contribution is 2.06. The summed E-state index contributed by atoms with van der Waals surface area (Å²) in [6, 6.07) is 0. The number of nitrogens with zero attached hydrogens (tertiary/aromatic N) is 1. The molecule has 16 heavy (non-hydrogen) atoms. The molecule has 7 nitrogen and oxygen atoms in total. The fourth-order valence-electron chi connectivity index (χ4n) is 1.08. The molecule has 0 heterocycles. The lowest BCUT2D eigenvalue weighted by Gasteiger charge is -2.28. The smallest absolute Gasteiger partial charge is 0.219 e. The van der Waals surface area contributed by atoms with Crippen LogP contribution in [0.5, 0.6) is 0 Å². The van der Waals surface area contributed by atoms with E-state index in [0.717, 1.165) is 4.90 Å². The van der Waals surface area contributed by atoms with Crippen molar-refractivity contribution in [2.24, 2.45) is 0 Å². The molecule has 5 N–H and O–H groups in total. The van der Waals surface area contributed by atoms with Gasteiger partial charge in [0.1, 0.15) is 24.4 Å². The number of carbonyl (C=O) groups is 1. The summed E-state index contributed by atoms with van der Waals surface area (Å²) in [5.74, 6) is -0.302. The van der Waals surface area contributed by atoms with Gasteiger partial charge in [-0.05, 0) is 0 Å². The minimum atomic E-state index is -1.67. The Morgan fingerprint density at radius 3 is 1.94 bits per heavy atom. The van der Waals surface area contributed by atoms with Crippen LogP contribution in [0.2, 0.25) is 0 Å². The molecular formula is C9H19NO6. The average Bonchev–Trinajstić information content (AvgIpc) is 2.25. The van der Waals surface area contributed by atoms with Crippen LogP contribution in [0.25, 0.3) is 0 Å². The first kappa shape index (κ1) is 15.3. The first-order valence-corrected chi connectivity index (χ1v) is 4.86. The third-order valence-corrected chi connectivity index (χ3v) is 2.32. The quantitative estimate of drug-likeness (QED) is 0.333. The van der Waals surface area contributed by atoms with Gasteiger partial charge in [0.25, 0.3) is 0 Å². The van der Waals surface area contributed by atoms with Crippen LogP contribution in [0.3, 0.4) is 0 Å². The number of amides is 1. The van der Waals surface area contributed by atoms with Gasteiger partial charge in [-0.1, -0.05) is 0 Å². The van der Waals surface area contributed by atoms with Gasteiger partial charge < -0.3 is 30.4 Å². The van der Waals surface area contributed by atoms with Crippen LogP contribution in [0, 0.1) is 0 Å². The highest BCUT2D eigenvalue weighted by atomic mass is 16.4. The number of rotatable bonds is 6. The van der Waals surface area contributed by atoms with Crippen LogP contribution < -0.4 is 0 Å². The van der Waals surface area contributed by atoms with Crippen molar-refractivity contribution in [2.75, 3.05) is 20.2 Å². The Bertz CT molecular complexity index is 224. The molecule has 4 atom stereocenters. The molecule has 0 aromatic carbocycles. The van der Waals surface area contributed by atoms with Crippen molar-refractivity contribution in [2.45, 2.75) is 31.3 Å². The molecule has 0 spiro atoms. The van der Waals surface area contributed by atoms with Gasteiger partial charge in [-0.15, -0.1) is 0 Å². The van der Waals surface area contributed by atoms with Crippen molar-refractivity contribution in [3.8, 4) is 0 Å². The van der Waals surface area contributed by atoms with E-state index in [4.69, 9.17) is 10.2 Å². The molecule has 0 aliphatic heterocycles. The summed E-state index contributed by atoms with van der Waals surface area (Å²) in [5.41, 5.74) is 0. The van der Waals surface area contributed by atoms with Gasteiger partial charge in [-0.2, -0.15) is 0 Å². The number of hydrogen-bond acceptors (Lipinski definition) is 6. The lowest BCUT2D eigenvalue weighted by molar-refractivity contribution is -0.136. The van der Waals surface area contributed by atoms with E-state index in [1.165, 1.54) is 14.0 Å². The van der Waals surface area contributed by atoms with Gasteiger partial charge in [-0.3, -0.25) is 4.79 Å². The summed E-state index contributed by atoms with van der Waals surface area (Å²) in [5, 5.41) is 45.7. The molecule has 0 fully saturated rings. The monoisotopic (exact) mass is 237 g/mol. The van der Waals surface area contributed by atoms with Crippen LogP contribution in [-0.4, -0.2) is 81.0 Å². The fraction of sp³-hybridized carbons (Fsp3) is 0.889. The van der Waals surface area contributed by atoms with Crippen LogP contribution in [-0.2, 0) is 4.79 Å². The van der Waals surface area contributed by atoms with Gasteiger partial charge in [-0.25, -0.2) is 0 Å². The maximum atomic E-state index is 10.8. The predicted octanol–water partition coefficient (Wildman–Crippen LogP) is -3.10. The first-order valence-electron chi connectivity index (χ1n) is 4.86. The van der Waals surface area contributed by atoms with E-state index in [2.05, 4.69) is 0 Å². The average molecular weight is 237 g/mol. The molecule has 0 aliphatic rings. The zero-order chi connectivity index (χ0) is 12.9. The Morgan fingerprint density at radius 2 is 1.56 bits per heavy atom. The molecule has 0 saturated heterocycles. The van der Waals surface area contributed by atoms with Crippen molar-refractivity contribution in [1.82, 2.24) is 4.90 Å². The summed E-state index contributed by atoms with van der Waals surface area (Å²) in [6.07, 6.45) is -6.23. The highest BCUT2D eigenvalue weighted by molar-refractivity contribution is 5.72. The van der Waals surface area contributed by atoms with Gasteiger partial charge in [0.05, 0.1) is 6.61 Å². The van der Waals surface area contributed by atoms with Gasteiger partial charge in [0.15, 0.2) is 0 Å². The van der Waals surface area contributed by atoms with E-state index in [9.17, 15) is 20.1 Å². The number of aliphatic hydroxyl groups is 5. The van der Waals surface area contributed by atoms with Gasteiger partial charge >= 0.3 is 0 Å². The molecule has 0 rings (SSSR count). The van der Waals surface area contributed by atoms with E-state index in [0.29, 0.717) is 0 Å². The molecule has 96 valence electrons. The van der Waals surface area contributed by atoms with Crippen LogP contribution >= 0.6 is 0 Å². The summed E-state index contributed by atoms with van der Waals surface area (Å²) >= 11 is 0. The van der Waals surface area contributed by atoms with E-state index in [1.54, 1.807) is 0 Å². The minimum Gasteiger partial charge on any atom is -0.394 e. The maximum Gasteiger partial charge on any atom is 0.219 e. The second kappa shape index (κ2) is 6.77. The van der Waals surface area contributed by atoms with Crippen molar-refractivity contribution < 1.29 is 30.3 Å². The SMILES string of the molecule is CC(=O)N(C)C[C@@H](O)[C@@H](O)[C@H](O)[C@H](O)CO. The second-order valence-corrected chi connectivity index (χ2v) is 3.70. The largest absolute Gasteiger partial charge is 0.394 e. The van der Waals surface area contributed by atoms with Gasteiger partial charge in [0.2, 0.25) is 5.91 Å². The van der Waals surface area contributed by atoms with Crippen LogP contribution in [0.15, 0.2) is 0 Å². The number of hydrogen-bond donors (Lipinski definition) is 5. The van der Waals surface area contributed by atoms with E-state index in [-0.39, 0.29) is 12.5 Å². The van der Waals surface area contributed by atoms with E-state index in [1.807, 2.05) is 0 Å². The van der Waals surface area contributed by atoms with Gasteiger partial charge in [0, 0.05) is 20.5 Å². The van der Waals surface area contributed by atoms with Crippen molar-refractivity contribution in [1.29, 1.82) is 0 Å². The third-order valence-electron chi connectivity index (χ3n) is 2.32. The van der Waals surface area contributed by atoms with Crippen molar-refractivity contribution in [3.05, 3.63) is 0 Å². The van der Waals surface area contributed by atoms with Crippen LogP contribution in [0.1, 0.15) is 6.92 Å². The Labute approximate surface area is 93.6 Å². The zero-order valence-electron chi connectivity index (χ0n) is 9.32. The Balaban J connectivity index is 4.27. The standard InChI is InChI=1S/C9H19NO6/c1-5(12)10(2)3-6(13)8(15)9(16)7(14)4-11/h6-9,11,13-16H,3-4H2,1-2H3/t6-,7-,8-,9-/m1/s1. The molecule has 0 aliphatic carbocycles. The molecule has 0 bridgehead atoms. The predicted molar refractivity (Wildman–Crippen MR) is 54.4 cm³/mol. The minimum absolute atomic E-state index is 0.175. The molecule has 7 heteroatoms. The number of aliphatic hydroxyl groups excluding tert-OH is 5. The molecule has 0 radical (unpaired) electrons. The van der Waals surface area contributed by atoms with Crippen molar-refractivity contribution in [3.63, 3.8) is 0 Å². The normalized spacial score (nSPS) is 18.7. The second-order valence-electron chi connectivity index (χ2n) is 3.70. The molecule has 0 saturated carbocycles. The lowest BCUT2D eigenvalue weighted by Crippen LogP contribution is -2.49. The molecule has 0 aromatic rings. The lowest BCUT2D eigenvalue weighted by atomic mass is 10.0. The molecule has 0 unspecified atom stereocenters. The Kier molecular flexibility index (Phi) is 6.46. The Hall–Kier alpha value is -0.730. The highest BCUT2D eigenvalue weighted by Gasteiger charge is 2.30. The molecule has 1 amide bonds.